The molecule has 1 aliphatic rings. The predicted octanol–water partition coefficient (Wildman–Crippen LogP) is 3.38. The Hall–Kier alpha value is -3.22. The lowest BCUT2D eigenvalue weighted by Gasteiger charge is -2.36. The van der Waals surface area contributed by atoms with Gasteiger partial charge in [0, 0.05) is 32.7 Å². The molecule has 0 bridgehead atoms. The van der Waals surface area contributed by atoms with E-state index in [-0.39, 0.29) is 5.82 Å². The van der Waals surface area contributed by atoms with Gasteiger partial charge in [0.05, 0.1) is 11.9 Å². The number of para-hydroxylation sites is 1. The lowest BCUT2D eigenvalue weighted by atomic mass is 10.1. The van der Waals surface area contributed by atoms with Crippen molar-refractivity contribution in [2.24, 2.45) is 0 Å². The van der Waals surface area contributed by atoms with Gasteiger partial charge in [-0.25, -0.2) is 4.39 Å². The third kappa shape index (κ3) is 4.99. The second-order valence-electron chi connectivity index (χ2n) is 7.08. The average molecular weight is 392 g/mol. The Kier molecular flexibility index (Phi) is 6.14. The van der Waals surface area contributed by atoms with Crippen LogP contribution in [0.15, 0.2) is 60.8 Å². The molecule has 150 valence electrons. The Labute approximate surface area is 170 Å². The zero-order chi connectivity index (χ0) is 19.9. The normalized spacial score (nSPS) is 14.1. The van der Waals surface area contributed by atoms with Gasteiger partial charge in [-0.15, -0.1) is 5.10 Å². The van der Waals surface area contributed by atoms with Gasteiger partial charge in [0.2, 0.25) is 5.95 Å². The van der Waals surface area contributed by atoms with Crippen LogP contribution in [0.3, 0.4) is 0 Å². The largest absolute Gasteiger partial charge is 0.366 e. The molecule has 1 fully saturated rings. The van der Waals surface area contributed by atoms with E-state index in [1.807, 2.05) is 18.2 Å². The number of aryl methyl sites for hydroxylation is 1. The van der Waals surface area contributed by atoms with E-state index in [9.17, 15) is 4.39 Å². The molecule has 3 aromatic rings. The van der Waals surface area contributed by atoms with Gasteiger partial charge < -0.3 is 15.1 Å². The third-order valence-corrected chi connectivity index (χ3v) is 5.11. The molecule has 2 heterocycles. The number of hydrogen-bond donors (Lipinski definition) is 1. The minimum atomic E-state index is -0.174. The second kappa shape index (κ2) is 9.32. The Morgan fingerprint density at radius 2 is 1.62 bits per heavy atom. The van der Waals surface area contributed by atoms with Crippen molar-refractivity contribution >= 4 is 17.5 Å². The first-order valence-corrected chi connectivity index (χ1v) is 10.0. The number of nitrogens with one attached hydrogen (secondary N) is 1. The van der Waals surface area contributed by atoms with Crippen molar-refractivity contribution in [3.63, 3.8) is 0 Å². The van der Waals surface area contributed by atoms with E-state index in [1.54, 1.807) is 12.3 Å². The van der Waals surface area contributed by atoms with E-state index in [1.165, 1.54) is 11.6 Å². The molecule has 7 heteroatoms. The first kappa shape index (κ1) is 19.1. The summed E-state index contributed by atoms with van der Waals surface area (Å²) in [7, 11) is 0. The molecule has 0 amide bonds. The van der Waals surface area contributed by atoms with E-state index in [0.717, 1.165) is 51.4 Å². The molecule has 0 aliphatic carbocycles. The first-order valence-electron chi connectivity index (χ1n) is 10.0. The molecule has 6 nitrogen and oxygen atoms in total. The van der Waals surface area contributed by atoms with Gasteiger partial charge in [-0.1, -0.05) is 42.5 Å². The summed E-state index contributed by atoms with van der Waals surface area (Å²) in [6.45, 7) is 3.80. The van der Waals surface area contributed by atoms with E-state index < -0.39 is 0 Å². The summed E-state index contributed by atoms with van der Waals surface area (Å²) < 4.78 is 14.0. The molecule has 1 N–H and O–H groups in total. The number of nitrogens with zero attached hydrogens (tertiary/aromatic N) is 5. The highest BCUT2D eigenvalue weighted by atomic mass is 19.1. The second-order valence-corrected chi connectivity index (χ2v) is 7.08. The molecule has 4 rings (SSSR count). The van der Waals surface area contributed by atoms with Gasteiger partial charge in [0.15, 0.2) is 5.82 Å². The maximum absolute atomic E-state index is 14.0. The number of hydrogen-bond acceptors (Lipinski definition) is 6. The number of aromatic nitrogens is 3. The summed E-state index contributed by atoms with van der Waals surface area (Å²) in [4.78, 5) is 8.85. The van der Waals surface area contributed by atoms with Crippen LogP contribution in [0.5, 0.6) is 0 Å². The van der Waals surface area contributed by atoms with Gasteiger partial charge in [-0.2, -0.15) is 10.1 Å². The fourth-order valence-corrected chi connectivity index (χ4v) is 3.54. The number of anilines is 3. The van der Waals surface area contributed by atoms with Crippen LogP contribution in [0.4, 0.5) is 21.8 Å². The van der Waals surface area contributed by atoms with Crippen LogP contribution >= 0.6 is 0 Å². The molecule has 2 aromatic carbocycles. The van der Waals surface area contributed by atoms with Gasteiger partial charge >= 0.3 is 0 Å². The molecule has 0 saturated carbocycles. The zero-order valence-electron chi connectivity index (χ0n) is 16.3. The maximum Gasteiger partial charge on any atom is 0.244 e. The molecule has 0 atom stereocenters. The Balaban J connectivity index is 1.28. The van der Waals surface area contributed by atoms with E-state index in [4.69, 9.17) is 0 Å². The van der Waals surface area contributed by atoms with E-state index in [0.29, 0.717) is 11.6 Å². The summed E-state index contributed by atoms with van der Waals surface area (Å²) in [6, 6.07) is 17.4. The quantitative estimate of drug-likeness (QED) is 0.622. The minimum absolute atomic E-state index is 0.174. The van der Waals surface area contributed by atoms with Gasteiger partial charge in [-0.05, 0) is 30.5 Å². The average Bonchev–Trinajstić information content (AvgIpc) is 2.78. The fraction of sp³-hybridized carbons (Fsp3) is 0.318. The standard InChI is InChI=1S/C22H25FN6/c23-19-10-4-5-11-20(19)28-13-15-29(16-14-28)21-17-25-27-22(26-21)24-12-6-9-18-7-2-1-3-8-18/h1-5,7-8,10-11,17H,6,9,12-16H2,(H,24,26,27). The van der Waals surface area contributed by atoms with Gasteiger partial charge in [0.1, 0.15) is 5.82 Å². The monoisotopic (exact) mass is 392 g/mol. The summed E-state index contributed by atoms with van der Waals surface area (Å²) >= 11 is 0. The van der Waals surface area contributed by atoms with Crippen molar-refractivity contribution in [2.75, 3.05) is 47.8 Å². The number of benzene rings is 2. The summed E-state index contributed by atoms with van der Waals surface area (Å²) in [5.74, 6) is 1.18. The van der Waals surface area contributed by atoms with Crippen LogP contribution in [0.1, 0.15) is 12.0 Å². The molecule has 0 radical (unpaired) electrons. The van der Waals surface area contributed by atoms with E-state index >= 15 is 0 Å². The van der Waals surface area contributed by atoms with Crippen LogP contribution in [0.2, 0.25) is 0 Å². The molecule has 29 heavy (non-hydrogen) atoms. The highest BCUT2D eigenvalue weighted by Gasteiger charge is 2.20. The molecule has 1 aliphatic heterocycles. The zero-order valence-corrected chi connectivity index (χ0v) is 16.3. The van der Waals surface area contributed by atoms with Crippen molar-refractivity contribution in [3.05, 3.63) is 72.2 Å². The number of rotatable bonds is 7. The lowest BCUT2D eigenvalue weighted by Crippen LogP contribution is -2.47. The van der Waals surface area contributed by atoms with Crippen molar-refractivity contribution in [2.45, 2.75) is 12.8 Å². The topological polar surface area (TPSA) is 57.2 Å². The highest BCUT2D eigenvalue weighted by Crippen LogP contribution is 2.22. The Morgan fingerprint density at radius 3 is 2.41 bits per heavy atom. The summed E-state index contributed by atoms with van der Waals surface area (Å²) in [6.07, 6.45) is 3.70. The molecular formula is C22H25FN6. The van der Waals surface area contributed by atoms with Crippen molar-refractivity contribution in [1.82, 2.24) is 15.2 Å². The van der Waals surface area contributed by atoms with Crippen LogP contribution in [0, 0.1) is 5.82 Å². The van der Waals surface area contributed by atoms with Crippen LogP contribution < -0.4 is 15.1 Å². The van der Waals surface area contributed by atoms with E-state index in [2.05, 4.69) is 54.6 Å². The molecular weight excluding hydrogens is 367 g/mol. The summed E-state index contributed by atoms with van der Waals surface area (Å²) in [5.41, 5.74) is 1.99. The fourth-order valence-electron chi connectivity index (χ4n) is 3.54. The third-order valence-electron chi connectivity index (χ3n) is 5.11. The van der Waals surface area contributed by atoms with Crippen LogP contribution in [0.25, 0.3) is 0 Å². The minimum Gasteiger partial charge on any atom is -0.366 e. The molecule has 0 spiro atoms. The Bertz CT molecular complexity index is 912. The predicted molar refractivity (Wildman–Crippen MR) is 114 cm³/mol. The molecule has 0 unspecified atom stereocenters. The smallest absolute Gasteiger partial charge is 0.244 e. The highest BCUT2D eigenvalue weighted by molar-refractivity contribution is 5.50. The van der Waals surface area contributed by atoms with Gasteiger partial charge in [-0.3, -0.25) is 0 Å². The first-order chi connectivity index (χ1) is 14.3. The van der Waals surface area contributed by atoms with Crippen molar-refractivity contribution in [1.29, 1.82) is 0 Å². The SMILES string of the molecule is Fc1ccccc1N1CCN(c2cnnc(NCCCc3ccccc3)n2)CC1. The number of halogens is 1. The lowest BCUT2D eigenvalue weighted by molar-refractivity contribution is 0.595. The van der Waals surface area contributed by atoms with Crippen LogP contribution in [-0.2, 0) is 6.42 Å². The number of piperazine rings is 1. The molecule has 1 saturated heterocycles. The maximum atomic E-state index is 14.0. The summed E-state index contributed by atoms with van der Waals surface area (Å²) in [5, 5.41) is 11.5. The molecule has 1 aromatic heterocycles. The van der Waals surface area contributed by atoms with Crippen molar-refractivity contribution < 1.29 is 4.39 Å². The van der Waals surface area contributed by atoms with Crippen LogP contribution in [-0.4, -0.2) is 47.9 Å². The Morgan fingerprint density at radius 1 is 0.897 bits per heavy atom. The van der Waals surface area contributed by atoms with Crippen molar-refractivity contribution in [3.8, 4) is 0 Å². The van der Waals surface area contributed by atoms with Gasteiger partial charge in [0.25, 0.3) is 0 Å².